The van der Waals surface area contributed by atoms with Crippen LogP contribution in [0.25, 0.3) is 11.1 Å². The third kappa shape index (κ3) is 1.98. The molecule has 0 bridgehead atoms. The third-order valence-corrected chi connectivity index (χ3v) is 2.18. The van der Waals surface area contributed by atoms with Crippen LogP contribution in [0, 0.1) is 0 Å². The number of amides is 1. The predicted molar refractivity (Wildman–Crippen MR) is 57.9 cm³/mol. The molecule has 2 N–H and O–H groups in total. The molecule has 1 aromatic heterocycles. The highest BCUT2D eigenvalue weighted by Gasteiger charge is 2.14. The normalized spacial score (nSPS) is 12.6. The van der Waals surface area contributed by atoms with Crippen molar-refractivity contribution in [2.24, 2.45) is 0 Å². The number of hydrogen-bond donors (Lipinski definition) is 2. The van der Waals surface area contributed by atoms with Gasteiger partial charge in [0.1, 0.15) is 17.3 Å². The van der Waals surface area contributed by atoms with Gasteiger partial charge in [-0.05, 0) is 19.1 Å². The highest BCUT2D eigenvalue weighted by molar-refractivity contribution is 5.75. The van der Waals surface area contributed by atoms with E-state index < -0.39 is 0 Å². The van der Waals surface area contributed by atoms with Gasteiger partial charge in [0.15, 0.2) is 5.58 Å². The van der Waals surface area contributed by atoms with Gasteiger partial charge in [0.2, 0.25) is 11.8 Å². The van der Waals surface area contributed by atoms with E-state index in [0.29, 0.717) is 17.0 Å². The van der Waals surface area contributed by atoms with Crippen LogP contribution in [-0.4, -0.2) is 16.0 Å². The van der Waals surface area contributed by atoms with E-state index in [9.17, 15) is 9.90 Å². The summed E-state index contributed by atoms with van der Waals surface area (Å²) in [6.07, 6.45) is 0. The van der Waals surface area contributed by atoms with Crippen molar-refractivity contribution in [1.29, 1.82) is 0 Å². The molecule has 2 aromatic rings. The van der Waals surface area contributed by atoms with Crippen molar-refractivity contribution in [3.8, 4) is 5.75 Å². The largest absolute Gasteiger partial charge is 0.508 e. The summed E-state index contributed by atoms with van der Waals surface area (Å²) in [6.45, 7) is 3.22. The number of phenolic OH excluding ortho intramolecular Hbond substituents is 1. The van der Waals surface area contributed by atoms with Crippen LogP contribution in [-0.2, 0) is 4.79 Å². The fraction of sp³-hybridized carbons (Fsp3) is 0.273. The number of rotatable bonds is 2. The SMILES string of the molecule is CC(=O)NC(C)c1nc2cc(O)ccc2o1. The van der Waals surface area contributed by atoms with Gasteiger partial charge >= 0.3 is 0 Å². The first kappa shape index (κ1) is 10.5. The lowest BCUT2D eigenvalue weighted by atomic mass is 10.3. The summed E-state index contributed by atoms with van der Waals surface area (Å²) in [4.78, 5) is 15.1. The number of phenols is 1. The Morgan fingerprint density at radius 1 is 1.56 bits per heavy atom. The van der Waals surface area contributed by atoms with Crippen LogP contribution in [0.3, 0.4) is 0 Å². The molecule has 1 atom stereocenters. The Labute approximate surface area is 92.1 Å². The number of nitrogens with one attached hydrogen (secondary N) is 1. The molecule has 5 heteroatoms. The number of hydrogen-bond acceptors (Lipinski definition) is 4. The molecule has 1 amide bonds. The molecule has 0 spiro atoms. The summed E-state index contributed by atoms with van der Waals surface area (Å²) >= 11 is 0. The summed E-state index contributed by atoms with van der Waals surface area (Å²) in [6, 6.07) is 4.40. The molecule has 0 saturated carbocycles. The lowest BCUT2D eigenvalue weighted by Crippen LogP contribution is -2.23. The molecule has 16 heavy (non-hydrogen) atoms. The van der Waals surface area contributed by atoms with Crippen molar-refractivity contribution in [2.45, 2.75) is 19.9 Å². The summed E-state index contributed by atoms with van der Waals surface area (Å²) in [5, 5.41) is 11.9. The van der Waals surface area contributed by atoms with Crippen molar-refractivity contribution >= 4 is 17.0 Å². The van der Waals surface area contributed by atoms with Crippen molar-refractivity contribution in [2.75, 3.05) is 0 Å². The molecule has 84 valence electrons. The smallest absolute Gasteiger partial charge is 0.217 e. The maximum atomic E-state index is 10.9. The maximum Gasteiger partial charge on any atom is 0.217 e. The minimum Gasteiger partial charge on any atom is -0.508 e. The minimum atomic E-state index is -0.285. The first-order valence-corrected chi connectivity index (χ1v) is 4.93. The lowest BCUT2D eigenvalue weighted by molar-refractivity contribution is -0.119. The zero-order valence-corrected chi connectivity index (χ0v) is 9.02. The highest BCUT2D eigenvalue weighted by atomic mass is 16.3. The Balaban J connectivity index is 2.35. The molecular formula is C11H12N2O3. The molecule has 1 aromatic carbocycles. The molecule has 0 fully saturated rings. The zero-order chi connectivity index (χ0) is 11.7. The van der Waals surface area contributed by atoms with Crippen molar-refractivity contribution in [3.05, 3.63) is 24.1 Å². The van der Waals surface area contributed by atoms with Crippen molar-refractivity contribution in [1.82, 2.24) is 10.3 Å². The second-order valence-corrected chi connectivity index (χ2v) is 3.63. The van der Waals surface area contributed by atoms with Gasteiger partial charge in [-0.3, -0.25) is 4.79 Å². The summed E-state index contributed by atoms with van der Waals surface area (Å²) in [5.74, 6) is 0.424. The number of fused-ring (bicyclic) bond motifs is 1. The van der Waals surface area contributed by atoms with E-state index in [1.54, 1.807) is 13.0 Å². The first-order valence-electron chi connectivity index (χ1n) is 4.93. The molecule has 1 heterocycles. The van der Waals surface area contributed by atoms with Gasteiger partial charge in [-0.25, -0.2) is 4.98 Å². The van der Waals surface area contributed by atoms with Crippen molar-refractivity contribution < 1.29 is 14.3 Å². The average Bonchev–Trinajstić information content (AvgIpc) is 2.59. The van der Waals surface area contributed by atoms with Gasteiger partial charge in [0, 0.05) is 13.0 Å². The Morgan fingerprint density at radius 2 is 2.31 bits per heavy atom. The van der Waals surface area contributed by atoms with Gasteiger partial charge in [0.25, 0.3) is 0 Å². The number of aromatic hydroxyl groups is 1. The molecule has 0 saturated heterocycles. The molecule has 5 nitrogen and oxygen atoms in total. The van der Waals surface area contributed by atoms with Gasteiger partial charge in [-0.2, -0.15) is 0 Å². The molecule has 1 unspecified atom stereocenters. The second-order valence-electron chi connectivity index (χ2n) is 3.63. The molecular weight excluding hydrogens is 208 g/mol. The number of benzene rings is 1. The van der Waals surface area contributed by atoms with E-state index in [1.165, 1.54) is 19.1 Å². The molecule has 2 rings (SSSR count). The molecule has 0 aliphatic heterocycles. The Hall–Kier alpha value is -2.04. The summed E-state index contributed by atoms with van der Waals surface area (Å²) in [5.41, 5.74) is 1.16. The second kappa shape index (κ2) is 3.84. The molecule has 0 radical (unpaired) electrons. The number of oxazole rings is 1. The van der Waals surface area contributed by atoms with E-state index in [0.717, 1.165) is 0 Å². The van der Waals surface area contributed by atoms with E-state index >= 15 is 0 Å². The Morgan fingerprint density at radius 3 is 3.00 bits per heavy atom. The number of carbonyl (C=O) groups excluding carboxylic acids is 1. The fourth-order valence-corrected chi connectivity index (χ4v) is 1.49. The standard InChI is InChI=1S/C11H12N2O3/c1-6(12-7(2)14)11-13-9-5-8(15)3-4-10(9)16-11/h3-6,15H,1-2H3,(H,12,14). The minimum absolute atomic E-state index is 0.138. The van der Waals surface area contributed by atoms with Crippen LogP contribution in [0.4, 0.5) is 0 Å². The van der Waals surface area contributed by atoms with Crippen LogP contribution in [0.2, 0.25) is 0 Å². The molecule has 0 aliphatic carbocycles. The lowest BCUT2D eigenvalue weighted by Gasteiger charge is -2.06. The van der Waals surface area contributed by atoms with Crippen molar-refractivity contribution in [3.63, 3.8) is 0 Å². The predicted octanol–water partition coefficient (Wildman–Crippen LogP) is 1.73. The topological polar surface area (TPSA) is 75.4 Å². The van der Waals surface area contributed by atoms with Gasteiger partial charge in [0.05, 0.1) is 0 Å². The third-order valence-electron chi connectivity index (χ3n) is 2.18. The quantitative estimate of drug-likeness (QED) is 0.808. The Bertz CT molecular complexity index is 533. The van der Waals surface area contributed by atoms with Gasteiger partial charge in [-0.15, -0.1) is 0 Å². The van der Waals surface area contributed by atoms with Gasteiger partial charge in [-0.1, -0.05) is 0 Å². The van der Waals surface area contributed by atoms with Crippen LogP contribution in [0.1, 0.15) is 25.8 Å². The van der Waals surface area contributed by atoms with E-state index in [2.05, 4.69) is 10.3 Å². The molecule has 0 aliphatic rings. The maximum absolute atomic E-state index is 10.9. The number of carbonyl (C=O) groups is 1. The van der Waals surface area contributed by atoms with E-state index in [1.807, 2.05) is 0 Å². The first-order chi connectivity index (χ1) is 7.56. The van der Waals surface area contributed by atoms with E-state index in [-0.39, 0.29) is 17.7 Å². The van der Waals surface area contributed by atoms with Crippen LogP contribution < -0.4 is 5.32 Å². The Kier molecular flexibility index (Phi) is 2.52. The van der Waals surface area contributed by atoms with E-state index in [4.69, 9.17) is 4.42 Å². The highest BCUT2D eigenvalue weighted by Crippen LogP contribution is 2.23. The number of nitrogens with zero attached hydrogens (tertiary/aromatic N) is 1. The van der Waals surface area contributed by atoms with Gasteiger partial charge < -0.3 is 14.8 Å². The monoisotopic (exact) mass is 220 g/mol. The zero-order valence-electron chi connectivity index (χ0n) is 9.02. The number of aromatic nitrogens is 1. The fourth-order valence-electron chi connectivity index (χ4n) is 1.49. The van der Waals surface area contributed by atoms with Crippen LogP contribution >= 0.6 is 0 Å². The summed E-state index contributed by atoms with van der Waals surface area (Å²) < 4.78 is 5.45. The summed E-state index contributed by atoms with van der Waals surface area (Å²) in [7, 11) is 0. The van der Waals surface area contributed by atoms with Crippen LogP contribution in [0.5, 0.6) is 5.75 Å². The average molecular weight is 220 g/mol. The van der Waals surface area contributed by atoms with Crippen LogP contribution in [0.15, 0.2) is 22.6 Å².